The Morgan fingerprint density at radius 2 is 2.08 bits per heavy atom. The van der Waals surface area contributed by atoms with Crippen LogP contribution in [0.5, 0.6) is 5.75 Å². The lowest BCUT2D eigenvalue weighted by Gasteiger charge is -2.08. The van der Waals surface area contributed by atoms with Crippen LogP contribution in [0.3, 0.4) is 0 Å². The van der Waals surface area contributed by atoms with Crippen molar-refractivity contribution in [2.45, 2.75) is 0 Å². The first kappa shape index (κ1) is 9.18. The molecule has 1 atom stereocenters. The summed E-state index contributed by atoms with van der Waals surface area (Å²) in [6.45, 7) is -0.0415. The molecule has 0 bridgehead atoms. The van der Waals surface area contributed by atoms with Crippen LogP contribution >= 0.6 is 0 Å². The van der Waals surface area contributed by atoms with Crippen LogP contribution in [-0.2, 0) is 11.3 Å². The van der Waals surface area contributed by atoms with Gasteiger partial charge in [0.1, 0.15) is 12.5 Å². The van der Waals surface area contributed by atoms with Gasteiger partial charge >= 0.3 is 0 Å². The van der Waals surface area contributed by atoms with Crippen LogP contribution in [0, 0.1) is 0 Å². The van der Waals surface area contributed by atoms with Gasteiger partial charge in [0.15, 0.2) is 0 Å². The van der Waals surface area contributed by atoms with E-state index in [9.17, 15) is 8.76 Å². The van der Waals surface area contributed by atoms with Gasteiger partial charge in [0.2, 0.25) is 0 Å². The zero-order valence-corrected chi connectivity index (χ0v) is 7.04. The van der Waals surface area contributed by atoms with E-state index >= 15 is 0 Å². The number of benzene rings is 1. The average molecular weight is 186 g/mol. The Hall–Kier alpha value is -0.910. The molecular formula is C7H8NO3S-. The molecule has 0 aliphatic heterocycles. The highest BCUT2D eigenvalue weighted by Crippen LogP contribution is 2.06. The lowest BCUT2D eigenvalue weighted by Crippen LogP contribution is -2.21. The molecule has 1 N–H and O–H groups in total. The van der Waals surface area contributed by atoms with Crippen molar-refractivity contribution < 1.29 is 13.5 Å². The summed E-state index contributed by atoms with van der Waals surface area (Å²) < 4.78 is 27.1. The Bertz CT molecular complexity index is 252. The fourth-order valence-corrected chi connectivity index (χ4v) is 0.833. The molecule has 0 aliphatic carbocycles. The molecule has 66 valence electrons. The zero-order chi connectivity index (χ0) is 8.81. The Balaban J connectivity index is 2.29. The molecule has 4 nitrogen and oxygen atoms in total. The molecule has 1 rings (SSSR count). The third-order valence-electron chi connectivity index (χ3n) is 1.16. The average Bonchev–Trinajstić information content (AvgIpc) is 2.05. The Labute approximate surface area is 73.0 Å². The van der Waals surface area contributed by atoms with Gasteiger partial charge in [-0.3, -0.25) is 4.21 Å². The van der Waals surface area contributed by atoms with E-state index in [1.165, 1.54) is 0 Å². The van der Waals surface area contributed by atoms with Crippen LogP contribution in [0.1, 0.15) is 0 Å². The van der Waals surface area contributed by atoms with Gasteiger partial charge in [0.05, 0.1) is 0 Å². The fourth-order valence-electron chi connectivity index (χ4n) is 0.678. The number of hydrogen-bond acceptors (Lipinski definition) is 3. The molecule has 1 aromatic carbocycles. The summed E-state index contributed by atoms with van der Waals surface area (Å²) in [5, 5.41) is 0. The molecule has 0 radical (unpaired) electrons. The molecule has 0 saturated carbocycles. The van der Waals surface area contributed by atoms with Gasteiger partial charge in [-0.05, 0) is 12.1 Å². The molecule has 0 saturated heterocycles. The Kier molecular flexibility index (Phi) is 3.72. The minimum Gasteiger partial charge on any atom is -0.760 e. The largest absolute Gasteiger partial charge is 0.760 e. The van der Waals surface area contributed by atoms with Crippen LogP contribution in [-0.4, -0.2) is 15.5 Å². The molecular weight excluding hydrogens is 178 g/mol. The van der Waals surface area contributed by atoms with Crippen molar-refractivity contribution in [3.8, 4) is 5.75 Å². The maximum atomic E-state index is 10.00. The van der Waals surface area contributed by atoms with Crippen LogP contribution in [0.25, 0.3) is 0 Å². The monoisotopic (exact) mass is 186 g/mol. The van der Waals surface area contributed by atoms with Gasteiger partial charge < -0.3 is 9.29 Å². The van der Waals surface area contributed by atoms with E-state index in [2.05, 4.69) is 4.72 Å². The van der Waals surface area contributed by atoms with E-state index in [0.29, 0.717) is 5.75 Å². The third-order valence-corrected chi connectivity index (χ3v) is 1.51. The molecule has 0 aliphatic rings. The van der Waals surface area contributed by atoms with Crippen LogP contribution < -0.4 is 9.46 Å². The summed E-state index contributed by atoms with van der Waals surface area (Å²) in [4.78, 5) is 0. The van der Waals surface area contributed by atoms with E-state index in [4.69, 9.17) is 4.74 Å². The number of rotatable bonds is 4. The van der Waals surface area contributed by atoms with Crippen molar-refractivity contribution in [1.29, 1.82) is 0 Å². The highest BCUT2D eigenvalue weighted by Gasteiger charge is 1.88. The van der Waals surface area contributed by atoms with Gasteiger partial charge in [0.25, 0.3) is 0 Å². The minimum absolute atomic E-state index is 0.0415. The summed E-state index contributed by atoms with van der Waals surface area (Å²) in [6, 6.07) is 8.96. The second-order valence-corrected chi connectivity index (χ2v) is 2.74. The molecule has 1 aromatic rings. The normalized spacial score (nSPS) is 12.4. The quantitative estimate of drug-likeness (QED) is 0.547. The number of ether oxygens (including phenoxy) is 1. The first-order valence-electron chi connectivity index (χ1n) is 3.29. The number of para-hydroxylation sites is 1. The summed E-state index contributed by atoms with van der Waals surface area (Å²) in [7, 11) is 0. The smallest absolute Gasteiger partial charge is 0.149 e. The predicted octanol–water partition coefficient (Wildman–Crippen LogP) is 0.407. The van der Waals surface area contributed by atoms with Crippen molar-refractivity contribution in [1.82, 2.24) is 4.72 Å². The molecule has 0 aromatic heterocycles. The van der Waals surface area contributed by atoms with Gasteiger partial charge in [0, 0.05) is 11.3 Å². The SMILES string of the molecule is O=S([O-])NCOc1ccccc1. The van der Waals surface area contributed by atoms with Gasteiger partial charge in [-0.1, -0.05) is 18.2 Å². The second kappa shape index (κ2) is 4.87. The molecule has 5 heteroatoms. The van der Waals surface area contributed by atoms with Crippen molar-refractivity contribution in [3.05, 3.63) is 30.3 Å². The van der Waals surface area contributed by atoms with E-state index in [-0.39, 0.29) is 6.73 Å². The lowest BCUT2D eigenvalue weighted by molar-refractivity contribution is 0.308. The van der Waals surface area contributed by atoms with E-state index in [1.54, 1.807) is 12.1 Å². The van der Waals surface area contributed by atoms with Crippen molar-refractivity contribution >= 4 is 11.3 Å². The summed E-state index contributed by atoms with van der Waals surface area (Å²) in [5.41, 5.74) is 0. The van der Waals surface area contributed by atoms with Gasteiger partial charge in [-0.2, -0.15) is 0 Å². The van der Waals surface area contributed by atoms with E-state index < -0.39 is 11.3 Å². The minimum atomic E-state index is -2.26. The first-order chi connectivity index (χ1) is 5.79. The van der Waals surface area contributed by atoms with Gasteiger partial charge in [-0.15, -0.1) is 0 Å². The van der Waals surface area contributed by atoms with Crippen molar-refractivity contribution in [2.24, 2.45) is 0 Å². The molecule has 0 amide bonds. The fraction of sp³-hybridized carbons (Fsp3) is 0.143. The summed E-state index contributed by atoms with van der Waals surface area (Å²) >= 11 is -2.26. The highest BCUT2D eigenvalue weighted by atomic mass is 32.2. The molecule has 12 heavy (non-hydrogen) atoms. The molecule has 0 heterocycles. The Morgan fingerprint density at radius 3 is 2.67 bits per heavy atom. The van der Waals surface area contributed by atoms with Gasteiger partial charge in [-0.25, -0.2) is 4.72 Å². The maximum absolute atomic E-state index is 10.00. The number of hydrogen-bond donors (Lipinski definition) is 1. The molecule has 1 unspecified atom stereocenters. The van der Waals surface area contributed by atoms with Crippen LogP contribution in [0.15, 0.2) is 30.3 Å². The number of nitrogens with one attached hydrogen (secondary N) is 1. The van der Waals surface area contributed by atoms with Crippen LogP contribution in [0.2, 0.25) is 0 Å². The van der Waals surface area contributed by atoms with Crippen molar-refractivity contribution in [2.75, 3.05) is 6.73 Å². The third kappa shape index (κ3) is 3.47. The van der Waals surface area contributed by atoms with E-state index in [0.717, 1.165) is 0 Å². The standard InChI is InChI=1S/C7H9NO3S/c9-12(10)8-6-11-7-4-2-1-3-5-7/h1-5,8H,6H2,(H,9,10)/p-1. The predicted molar refractivity (Wildman–Crippen MR) is 44.0 cm³/mol. The topological polar surface area (TPSA) is 61.4 Å². The van der Waals surface area contributed by atoms with Crippen molar-refractivity contribution in [3.63, 3.8) is 0 Å². The second-order valence-electron chi connectivity index (χ2n) is 1.98. The zero-order valence-electron chi connectivity index (χ0n) is 6.23. The highest BCUT2D eigenvalue weighted by molar-refractivity contribution is 7.77. The maximum Gasteiger partial charge on any atom is 0.149 e. The first-order valence-corrected chi connectivity index (χ1v) is 4.37. The van der Waals surface area contributed by atoms with E-state index in [1.807, 2.05) is 18.2 Å². The lowest BCUT2D eigenvalue weighted by atomic mass is 10.3. The molecule has 0 fully saturated rings. The summed E-state index contributed by atoms with van der Waals surface area (Å²) in [5.74, 6) is 0.635. The summed E-state index contributed by atoms with van der Waals surface area (Å²) in [6.07, 6.45) is 0. The molecule has 0 spiro atoms. The van der Waals surface area contributed by atoms with Crippen LogP contribution in [0.4, 0.5) is 0 Å². The Morgan fingerprint density at radius 1 is 1.42 bits per heavy atom.